The summed E-state index contributed by atoms with van der Waals surface area (Å²) in [5, 5.41) is 11.7. The predicted octanol–water partition coefficient (Wildman–Crippen LogP) is 1.24. The highest BCUT2D eigenvalue weighted by Gasteiger charge is 2.31. The van der Waals surface area contributed by atoms with Crippen LogP contribution in [-0.4, -0.2) is 34.6 Å². The number of hydrogen-bond acceptors (Lipinski definition) is 3. The SMILES string of the molecule is CC(C)C1CCCN1C(C)C(N)=NO. The summed E-state index contributed by atoms with van der Waals surface area (Å²) < 4.78 is 0. The fourth-order valence-electron chi connectivity index (χ4n) is 2.27. The van der Waals surface area contributed by atoms with Crippen LogP contribution >= 0.6 is 0 Å². The molecule has 82 valence electrons. The van der Waals surface area contributed by atoms with Gasteiger partial charge in [-0.25, -0.2) is 0 Å². The van der Waals surface area contributed by atoms with Gasteiger partial charge in [0.1, 0.15) is 0 Å². The standard InChI is InChI=1S/C10H21N3O/c1-7(2)9-5-4-6-13(9)8(3)10(11)12-14/h7-9,14H,4-6H2,1-3H3,(H2,11,12). The first kappa shape index (κ1) is 11.3. The fraction of sp³-hybridized carbons (Fsp3) is 0.900. The van der Waals surface area contributed by atoms with Gasteiger partial charge in [-0.1, -0.05) is 19.0 Å². The highest BCUT2D eigenvalue weighted by Crippen LogP contribution is 2.25. The van der Waals surface area contributed by atoms with E-state index in [-0.39, 0.29) is 6.04 Å². The molecule has 0 amide bonds. The Morgan fingerprint density at radius 1 is 1.50 bits per heavy atom. The van der Waals surface area contributed by atoms with E-state index >= 15 is 0 Å². The van der Waals surface area contributed by atoms with E-state index in [9.17, 15) is 0 Å². The van der Waals surface area contributed by atoms with Crippen LogP contribution in [0.3, 0.4) is 0 Å². The first-order chi connectivity index (χ1) is 6.57. The van der Waals surface area contributed by atoms with Crippen molar-refractivity contribution in [2.24, 2.45) is 16.8 Å². The molecule has 14 heavy (non-hydrogen) atoms. The quantitative estimate of drug-likeness (QED) is 0.311. The minimum Gasteiger partial charge on any atom is -0.409 e. The minimum atomic E-state index is 0.0508. The zero-order chi connectivity index (χ0) is 10.7. The molecule has 0 saturated carbocycles. The van der Waals surface area contributed by atoms with E-state index < -0.39 is 0 Å². The predicted molar refractivity (Wildman–Crippen MR) is 57.4 cm³/mol. The number of rotatable bonds is 3. The summed E-state index contributed by atoms with van der Waals surface area (Å²) >= 11 is 0. The number of oxime groups is 1. The molecule has 0 aromatic rings. The molecule has 0 spiro atoms. The van der Waals surface area contributed by atoms with Gasteiger partial charge in [0, 0.05) is 6.04 Å². The molecule has 0 aromatic heterocycles. The molecule has 3 N–H and O–H groups in total. The smallest absolute Gasteiger partial charge is 0.156 e. The number of hydrogen-bond donors (Lipinski definition) is 2. The first-order valence-electron chi connectivity index (χ1n) is 5.31. The number of nitrogens with zero attached hydrogens (tertiary/aromatic N) is 2. The number of likely N-dealkylation sites (tertiary alicyclic amines) is 1. The monoisotopic (exact) mass is 199 g/mol. The van der Waals surface area contributed by atoms with Crippen molar-refractivity contribution in [3.05, 3.63) is 0 Å². The van der Waals surface area contributed by atoms with Crippen LogP contribution in [0.1, 0.15) is 33.6 Å². The average Bonchev–Trinajstić information content (AvgIpc) is 2.63. The van der Waals surface area contributed by atoms with Crippen molar-refractivity contribution in [1.82, 2.24) is 4.90 Å². The molecule has 1 fully saturated rings. The highest BCUT2D eigenvalue weighted by atomic mass is 16.4. The second-order valence-electron chi connectivity index (χ2n) is 4.39. The summed E-state index contributed by atoms with van der Waals surface area (Å²) in [4.78, 5) is 2.33. The van der Waals surface area contributed by atoms with E-state index in [1.165, 1.54) is 12.8 Å². The summed E-state index contributed by atoms with van der Waals surface area (Å²) in [5.41, 5.74) is 5.62. The molecule has 2 unspecified atom stereocenters. The lowest BCUT2D eigenvalue weighted by molar-refractivity contribution is 0.185. The van der Waals surface area contributed by atoms with Gasteiger partial charge in [-0.15, -0.1) is 0 Å². The summed E-state index contributed by atoms with van der Waals surface area (Å²) in [6, 6.07) is 0.625. The fourth-order valence-corrected chi connectivity index (χ4v) is 2.27. The zero-order valence-corrected chi connectivity index (χ0v) is 9.27. The van der Waals surface area contributed by atoms with Crippen LogP contribution in [0.25, 0.3) is 0 Å². The Balaban J connectivity index is 2.67. The molecule has 1 heterocycles. The molecule has 4 heteroatoms. The molecule has 0 bridgehead atoms. The maximum atomic E-state index is 8.63. The summed E-state index contributed by atoms with van der Waals surface area (Å²) in [7, 11) is 0. The topological polar surface area (TPSA) is 61.8 Å². The van der Waals surface area contributed by atoms with Crippen LogP contribution < -0.4 is 5.73 Å². The molecular formula is C10H21N3O. The molecule has 1 saturated heterocycles. The van der Waals surface area contributed by atoms with Gasteiger partial charge in [0.15, 0.2) is 5.84 Å². The normalized spacial score (nSPS) is 27.1. The number of amidine groups is 1. The molecule has 4 nitrogen and oxygen atoms in total. The summed E-state index contributed by atoms with van der Waals surface area (Å²) in [6.07, 6.45) is 2.44. The van der Waals surface area contributed by atoms with E-state index in [0.717, 1.165) is 6.54 Å². The maximum Gasteiger partial charge on any atom is 0.156 e. The zero-order valence-electron chi connectivity index (χ0n) is 9.27. The van der Waals surface area contributed by atoms with Crippen molar-refractivity contribution in [3.8, 4) is 0 Å². The first-order valence-corrected chi connectivity index (χ1v) is 5.31. The second-order valence-corrected chi connectivity index (χ2v) is 4.39. The maximum absolute atomic E-state index is 8.63. The third kappa shape index (κ3) is 2.18. The highest BCUT2D eigenvalue weighted by molar-refractivity contribution is 5.84. The third-order valence-corrected chi connectivity index (χ3v) is 3.15. The van der Waals surface area contributed by atoms with Gasteiger partial charge in [-0.05, 0) is 32.2 Å². The van der Waals surface area contributed by atoms with E-state index in [1.807, 2.05) is 6.92 Å². The van der Waals surface area contributed by atoms with E-state index in [4.69, 9.17) is 10.9 Å². The molecule has 1 aliphatic rings. The molecule has 1 rings (SSSR count). The van der Waals surface area contributed by atoms with Crippen molar-refractivity contribution in [1.29, 1.82) is 0 Å². The van der Waals surface area contributed by atoms with E-state index in [0.29, 0.717) is 17.8 Å². The van der Waals surface area contributed by atoms with Crippen molar-refractivity contribution in [2.45, 2.75) is 45.7 Å². The van der Waals surface area contributed by atoms with Crippen LogP contribution in [0, 0.1) is 5.92 Å². The second kappa shape index (κ2) is 4.64. The largest absolute Gasteiger partial charge is 0.409 e. The van der Waals surface area contributed by atoms with Gasteiger partial charge in [-0.2, -0.15) is 0 Å². The van der Waals surface area contributed by atoms with Gasteiger partial charge in [0.25, 0.3) is 0 Å². The summed E-state index contributed by atoms with van der Waals surface area (Å²) in [6.45, 7) is 7.50. The molecule has 0 aromatic carbocycles. The molecule has 2 atom stereocenters. The Labute approximate surface area is 85.8 Å². The van der Waals surface area contributed by atoms with Crippen molar-refractivity contribution >= 4 is 5.84 Å². The van der Waals surface area contributed by atoms with Crippen molar-refractivity contribution < 1.29 is 5.21 Å². The van der Waals surface area contributed by atoms with Crippen LogP contribution in [0.4, 0.5) is 0 Å². The Hall–Kier alpha value is -0.770. The van der Waals surface area contributed by atoms with Gasteiger partial charge >= 0.3 is 0 Å². The summed E-state index contributed by atoms with van der Waals surface area (Å²) in [5.74, 6) is 0.948. The lowest BCUT2D eigenvalue weighted by Crippen LogP contribution is -2.46. The molecule has 0 radical (unpaired) electrons. The van der Waals surface area contributed by atoms with Crippen LogP contribution in [0.2, 0.25) is 0 Å². The van der Waals surface area contributed by atoms with E-state index in [2.05, 4.69) is 23.9 Å². The van der Waals surface area contributed by atoms with Gasteiger partial charge < -0.3 is 10.9 Å². The Morgan fingerprint density at radius 3 is 2.64 bits per heavy atom. The Kier molecular flexibility index (Phi) is 3.75. The Bertz CT molecular complexity index is 215. The van der Waals surface area contributed by atoms with Gasteiger partial charge in [0.2, 0.25) is 0 Å². The van der Waals surface area contributed by atoms with Gasteiger partial charge in [0.05, 0.1) is 6.04 Å². The Morgan fingerprint density at radius 2 is 2.14 bits per heavy atom. The molecular weight excluding hydrogens is 178 g/mol. The van der Waals surface area contributed by atoms with E-state index in [1.54, 1.807) is 0 Å². The van der Waals surface area contributed by atoms with Crippen molar-refractivity contribution in [3.63, 3.8) is 0 Å². The minimum absolute atomic E-state index is 0.0508. The van der Waals surface area contributed by atoms with Gasteiger partial charge in [-0.3, -0.25) is 4.90 Å². The molecule has 1 aliphatic heterocycles. The lowest BCUT2D eigenvalue weighted by Gasteiger charge is -2.32. The number of nitrogens with two attached hydrogens (primary N) is 1. The van der Waals surface area contributed by atoms with Crippen LogP contribution in [0.5, 0.6) is 0 Å². The third-order valence-electron chi connectivity index (χ3n) is 3.15. The average molecular weight is 199 g/mol. The van der Waals surface area contributed by atoms with Crippen molar-refractivity contribution in [2.75, 3.05) is 6.54 Å². The van der Waals surface area contributed by atoms with Crippen LogP contribution in [-0.2, 0) is 0 Å². The molecule has 0 aliphatic carbocycles. The van der Waals surface area contributed by atoms with Crippen LogP contribution in [0.15, 0.2) is 5.16 Å². The lowest BCUT2D eigenvalue weighted by atomic mass is 10.0.